The van der Waals surface area contributed by atoms with Crippen LogP contribution in [0.15, 0.2) is 30.3 Å². The fraction of sp³-hybridized carbons (Fsp3) is 0.250. The van der Waals surface area contributed by atoms with Crippen LogP contribution in [0.4, 0.5) is 8.78 Å². The molecule has 1 atom stereocenters. The van der Waals surface area contributed by atoms with Crippen molar-refractivity contribution in [3.63, 3.8) is 0 Å². The molecule has 0 fully saturated rings. The van der Waals surface area contributed by atoms with E-state index in [0.717, 1.165) is 5.56 Å². The summed E-state index contributed by atoms with van der Waals surface area (Å²) in [5.41, 5.74) is 7.84. The quantitative estimate of drug-likeness (QED) is 0.929. The maximum absolute atomic E-state index is 14.1. The van der Waals surface area contributed by atoms with Gasteiger partial charge in [0.1, 0.15) is 17.4 Å². The maximum atomic E-state index is 14.1. The van der Waals surface area contributed by atoms with E-state index in [2.05, 4.69) is 0 Å². The highest BCUT2D eigenvalue weighted by atomic mass is 19.1. The van der Waals surface area contributed by atoms with E-state index in [-0.39, 0.29) is 5.56 Å². The summed E-state index contributed by atoms with van der Waals surface area (Å²) in [5.74, 6) is -0.535. The Bertz CT molecular complexity index is 641. The molecule has 0 amide bonds. The van der Waals surface area contributed by atoms with Crippen LogP contribution in [0.1, 0.15) is 28.3 Å². The van der Waals surface area contributed by atoms with Crippen molar-refractivity contribution >= 4 is 0 Å². The third-order valence-electron chi connectivity index (χ3n) is 3.44. The lowest BCUT2D eigenvalue weighted by molar-refractivity contribution is 0.414. The first-order valence-electron chi connectivity index (χ1n) is 6.30. The summed E-state index contributed by atoms with van der Waals surface area (Å²) in [6.45, 7) is 3.43. The number of hydrogen-bond acceptors (Lipinski definition) is 2. The van der Waals surface area contributed by atoms with E-state index < -0.39 is 17.7 Å². The van der Waals surface area contributed by atoms with E-state index in [1.165, 1.54) is 12.1 Å². The molecule has 0 aliphatic heterocycles. The number of rotatable bonds is 3. The molecule has 2 aromatic rings. The van der Waals surface area contributed by atoms with Crippen LogP contribution in [0.3, 0.4) is 0 Å². The third kappa shape index (κ3) is 2.51. The van der Waals surface area contributed by atoms with Crippen molar-refractivity contribution in [1.29, 1.82) is 0 Å². The molecule has 0 saturated heterocycles. The number of benzene rings is 2. The van der Waals surface area contributed by atoms with Crippen molar-refractivity contribution in [3.05, 3.63) is 64.2 Å². The molecule has 0 aliphatic rings. The van der Waals surface area contributed by atoms with E-state index in [1.54, 1.807) is 32.2 Å². The highest BCUT2D eigenvalue weighted by Crippen LogP contribution is 2.30. The molecule has 0 aliphatic carbocycles. The molecular weight excluding hydrogens is 260 g/mol. The summed E-state index contributed by atoms with van der Waals surface area (Å²) >= 11 is 0. The van der Waals surface area contributed by atoms with Crippen LogP contribution in [0.2, 0.25) is 0 Å². The van der Waals surface area contributed by atoms with Crippen molar-refractivity contribution in [2.45, 2.75) is 19.9 Å². The van der Waals surface area contributed by atoms with Gasteiger partial charge in [0.05, 0.1) is 13.2 Å². The van der Waals surface area contributed by atoms with Gasteiger partial charge in [0.25, 0.3) is 0 Å². The minimum Gasteiger partial charge on any atom is -0.497 e. The largest absolute Gasteiger partial charge is 0.497 e. The van der Waals surface area contributed by atoms with Crippen molar-refractivity contribution in [2.24, 2.45) is 5.73 Å². The molecule has 2 rings (SSSR count). The Morgan fingerprint density at radius 2 is 1.75 bits per heavy atom. The van der Waals surface area contributed by atoms with Gasteiger partial charge < -0.3 is 10.5 Å². The lowest BCUT2D eigenvalue weighted by Crippen LogP contribution is -2.17. The molecule has 0 spiro atoms. The van der Waals surface area contributed by atoms with Gasteiger partial charge in [-0.25, -0.2) is 8.78 Å². The minimum absolute atomic E-state index is 0.0988. The fourth-order valence-corrected chi connectivity index (χ4v) is 2.24. The molecule has 2 nitrogen and oxygen atoms in total. The van der Waals surface area contributed by atoms with Gasteiger partial charge >= 0.3 is 0 Å². The highest BCUT2D eigenvalue weighted by molar-refractivity contribution is 5.42. The van der Waals surface area contributed by atoms with Gasteiger partial charge in [-0.1, -0.05) is 12.1 Å². The number of hydrogen-bond donors (Lipinski definition) is 1. The summed E-state index contributed by atoms with van der Waals surface area (Å²) in [5, 5.41) is 0. The summed E-state index contributed by atoms with van der Waals surface area (Å²) in [6.07, 6.45) is 0. The molecule has 0 saturated carbocycles. The van der Waals surface area contributed by atoms with Crippen LogP contribution in [-0.2, 0) is 0 Å². The molecule has 0 heterocycles. The Hall–Kier alpha value is -1.94. The second-order valence-electron chi connectivity index (χ2n) is 4.79. The Kier molecular flexibility index (Phi) is 4.04. The molecule has 0 aromatic heterocycles. The van der Waals surface area contributed by atoms with E-state index in [4.69, 9.17) is 10.5 Å². The lowest BCUT2D eigenvalue weighted by atomic mass is 9.93. The number of aryl methyl sites for hydroxylation is 2. The van der Waals surface area contributed by atoms with Crippen molar-refractivity contribution in [1.82, 2.24) is 0 Å². The average Bonchev–Trinajstić information content (AvgIpc) is 2.43. The summed E-state index contributed by atoms with van der Waals surface area (Å²) < 4.78 is 33.1. The van der Waals surface area contributed by atoms with Gasteiger partial charge in [-0.3, -0.25) is 0 Å². The molecule has 0 bridgehead atoms. The zero-order valence-electron chi connectivity index (χ0n) is 11.7. The minimum atomic E-state index is -0.846. The predicted octanol–water partition coefficient (Wildman–Crippen LogP) is 3.64. The number of nitrogens with two attached hydrogens (primary N) is 1. The van der Waals surface area contributed by atoms with Crippen molar-refractivity contribution < 1.29 is 13.5 Å². The smallest absolute Gasteiger partial charge is 0.134 e. The number of methoxy groups -OCH3 is 1. The molecule has 4 heteroatoms. The van der Waals surface area contributed by atoms with E-state index in [9.17, 15) is 8.78 Å². The van der Waals surface area contributed by atoms with Crippen LogP contribution in [0, 0.1) is 25.5 Å². The SMILES string of the molecule is COc1ccc(C(N)c2c(F)ccc(C)c2F)c(C)c1. The van der Waals surface area contributed by atoms with Crippen molar-refractivity contribution in [2.75, 3.05) is 7.11 Å². The molecule has 20 heavy (non-hydrogen) atoms. The topological polar surface area (TPSA) is 35.2 Å². The van der Waals surface area contributed by atoms with Crippen LogP contribution in [-0.4, -0.2) is 7.11 Å². The summed E-state index contributed by atoms with van der Waals surface area (Å²) in [4.78, 5) is 0. The van der Waals surface area contributed by atoms with Crippen LogP contribution in [0.25, 0.3) is 0 Å². The van der Waals surface area contributed by atoms with Gasteiger partial charge in [0, 0.05) is 5.56 Å². The molecule has 1 unspecified atom stereocenters. The zero-order valence-corrected chi connectivity index (χ0v) is 11.7. The van der Waals surface area contributed by atoms with Gasteiger partial charge in [-0.05, 0) is 48.7 Å². The Balaban J connectivity index is 2.52. The molecular formula is C16H17F2NO. The molecule has 0 radical (unpaired) electrons. The highest BCUT2D eigenvalue weighted by Gasteiger charge is 2.21. The first-order valence-corrected chi connectivity index (χ1v) is 6.30. The van der Waals surface area contributed by atoms with Gasteiger partial charge in [0.2, 0.25) is 0 Å². The molecule has 2 N–H and O–H groups in total. The summed E-state index contributed by atoms with van der Waals surface area (Å²) in [6, 6.07) is 7.06. The predicted molar refractivity (Wildman–Crippen MR) is 74.9 cm³/mol. The lowest BCUT2D eigenvalue weighted by Gasteiger charge is -2.18. The fourth-order valence-electron chi connectivity index (χ4n) is 2.24. The van der Waals surface area contributed by atoms with Crippen molar-refractivity contribution in [3.8, 4) is 5.75 Å². The van der Waals surface area contributed by atoms with Gasteiger partial charge in [0.15, 0.2) is 0 Å². The average molecular weight is 277 g/mol. The normalized spacial score (nSPS) is 12.3. The monoisotopic (exact) mass is 277 g/mol. The number of halogens is 2. The van der Waals surface area contributed by atoms with Gasteiger partial charge in [-0.2, -0.15) is 0 Å². The molecule has 106 valence electrons. The first kappa shape index (κ1) is 14.5. The van der Waals surface area contributed by atoms with E-state index in [1.807, 2.05) is 6.92 Å². The Morgan fingerprint density at radius 3 is 2.35 bits per heavy atom. The van der Waals surface area contributed by atoms with Crippen LogP contribution in [0.5, 0.6) is 5.75 Å². The Morgan fingerprint density at radius 1 is 1.05 bits per heavy atom. The van der Waals surface area contributed by atoms with Crippen LogP contribution < -0.4 is 10.5 Å². The summed E-state index contributed by atoms with van der Waals surface area (Å²) in [7, 11) is 1.56. The zero-order chi connectivity index (χ0) is 14.9. The maximum Gasteiger partial charge on any atom is 0.134 e. The third-order valence-corrected chi connectivity index (χ3v) is 3.44. The molecule has 2 aromatic carbocycles. The van der Waals surface area contributed by atoms with Crippen LogP contribution >= 0.6 is 0 Å². The standard InChI is InChI=1S/C16H17F2NO/c1-9-4-7-13(17)14(15(9)18)16(19)12-6-5-11(20-3)8-10(12)2/h4-8,16H,19H2,1-3H3. The second kappa shape index (κ2) is 5.59. The second-order valence-corrected chi connectivity index (χ2v) is 4.79. The van der Waals surface area contributed by atoms with E-state index >= 15 is 0 Å². The number of ether oxygens (including phenoxy) is 1. The van der Waals surface area contributed by atoms with E-state index in [0.29, 0.717) is 16.9 Å². The Labute approximate surface area is 117 Å². The van der Waals surface area contributed by atoms with Gasteiger partial charge in [-0.15, -0.1) is 0 Å². The first-order chi connectivity index (χ1) is 9.45.